The van der Waals surface area contributed by atoms with Gasteiger partial charge in [0.15, 0.2) is 0 Å². The Balaban J connectivity index is 2.85. The SMILES string of the molecule is Cc1cc(N)ccc1C(=O)NC(C)C(N)=O. The summed E-state index contributed by atoms with van der Waals surface area (Å²) in [5.74, 6) is -0.898. The summed E-state index contributed by atoms with van der Waals surface area (Å²) < 4.78 is 0. The third-order valence-electron chi connectivity index (χ3n) is 2.27. The van der Waals surface area contributed by atoms with Crippen molar-refractivity contribution in [1.29, 1.82) is 0 Å². The van der Waals surface area contributed by atoms with Gasteiger partial charge in [0, 0.05) is 11.3 Å². The van der Waals surface area contributed by atoms with Crippen LogP contribution in [0, 0.1) is 6.92 Å². The molecule has 5 nitrogen and oxygen atoms in total. The molecule has 1 aromatic rings. The van der Waals surface area contributed by atoms with Crippen molar-refractivity contribution in [2.75, 3.05) is 5.73 Å². The number of benzene rings is 1. The molecule has 0 aliphatic heterocycles. The zero-order valence-corrected chi connectivity index (χ0v) is 9.28. The largest absolute Gasteiger partial charge is 0.399 e. The summed E-state index contributed by atoms with van der Waals surface area (Å²) in [6.07, 6.45) is 0. The van der Waals surface area contributed by atoms with Crippen LogP contribution in [0.5, 0.6) is 0 Å². The van der Waals surface area contributed by atoms with Crippen LogP contribution in [0.15, 0.2) is 18.2 Å². The predicted octanol–water partition coefficient (Wildman–Crippen LogP) is 0.181. The van der Waals surface area contributed by atoms with E-state index in [1.54, 1.807) is 25.1 Å². The Kier molecular flexibility index (Phi) is 3.50. The molecule has 0 saturated heterocycles. The van der Waals surface area contributed by atoms with Crippen LogP contribution in [0.4, 0.5) is 5.69 Å². The number of hydrogen-bond acceptors (Lipinski definition) is 3. The number of nitrogens with one attached hydrogen (secondary N) is 1. The molecular weight excluding hydrogens is 206 g/mol. The number of rotatable bonds is 3. The van der Waals surface area contributed by atoms with Gasteiger partial charge in [-0.2, -0.15) is 0 Å². The van der Waals surface area contributed by atoms with Crippen molar-refractivity contribution in [2.45, 2.75) is 19.9 Å². The molecule has 0 aromatic heterocycles. The minimum absolute atomic E-state index is 0.330. The van der Waals surface area contributed by atoms with Gasteiger partial charge in [-0.25, -0.2) is 0 Å². The van der Waals surface area contributed by atoms with Gasteiger partial charge >= 0.3 is 0 Å². The smallest absolute Gasteiger partial charge is 0.252 e. The molecule has 0 spiro atoms. The molecule has 0 aliphatic carbocycles. The quantitative estimate of drug-likeness (QED) is 0.635. The van der Waals surface area contributed by atoms with Gasteiger partial charge in [0.1, 0.15) is 6.04 Å². The lowest BCUT2D eigenvalue weighted by Gasteiger charge is -2.11. The van der Waals surface area contributed by atoms with Crippen LogP contribution in [0.1, 0.15) is 22.8 Å². The van der Waals surface area contributed by atoms with Gasteiger partial charge in [-0.3, -0.25) is 9.59 Å². The predicted molar refractivity (Wildman–Crippen MR) is 61.7 cm³/mol. The molecule has 1 aromatic carbocycles. The number of nitrogens with two attached hydrogens (primary N) is 2. The standard InChI is InChI=1S/C11H15N3O2/c1-6-5-8(12)3-4-9(6)11(16)14-7(2)10(13)15/h3-5,7H,12H2,1-2H3,(H2,13,15)(H,14,16). The first-order chi connectivity index (χ1) is 7.41. The molecule has 0 saturated carbocycles. The summed E-state index contributed by atoms with van der Waals surface area (Å²) in [4.78, 5) is 22.5. The van der Waals surface area contributed by atoms with Crippen molar-refractivity contribution in [1.82, 2.24) is 5.32 Å². The van der Waals surface area contributed by atoms with E-state index in [9.17, 15) is 9.59 Å². The molecule has 86 valence electrons. The molecule has 1 unspecified atom stereocenters. The minimum atomic E-state index is -0.690. The van der Waals surface area contributed by atoms with E-state index in [0.717, 1.165) is 5.56 Å². The lowest BCUT2D eigenvalue weighted by atomic mass is 10.1. The summed E-state index contributed by atoms with van der Waals surface area (Å²) in [6, 6.07) is 4.26. The second kappa shape index (κ2) is 4.65. The van der Waals surface area contributed by atoms with Crippen LogP contribution < -0.4 is 16.8 Å². The number of carbonyl (C=O) groups excluding carboxylic acids is 2. The summed E-state index contributed by atoms with van der Waals surface area (Å²) in [7, 11) is 0. The zero-order valence-electron chi connectivity index (χ0n) is 9.28. The number of aryl methyl sites for hydroxylation is 1. The second-order valence-corrected chi connectivity index (χ2v) is 3.67. The van der Waals surface area contributed by atoms with Crippen molar-refractivity contribution >= 4 is 17.5 Å². The molecule has 0 fully saturated rings. The molecule has 16 heavy (non-hydrogen) atoms. The highest BCUT2D eigenvalue weighted by Crippen LogP contribution is 2.12. The van der Waals surface area contributed by atoms with Gasteiger partial charge in [0.25, 0.3) is 5.91 Å². The van der Waals surface area contributed by atoms with E-state index in [4.69, 9.17) is 11.5 Å². The summed E-state index contributed by atoms with van der Waals surface area (Å²) >= 11 is 0. The van der Waals surface area contributed by atoms with E-state index in [0.29, 0.717) is 11.3 Å². The molecule has 5 N–H and O–H groups in total. The van der Waals surface area contributed by atoms with Crippen molar-refractivity contribution in [3.8, 4) is 0 Å². The number of nitrogen functional groups attached to an aromatic ring is 1. The second-order valence-electron chi connectivity index (χ2n) is 3.67. The Morgan fingerprint density at radius 3 is 2.50 bits per heavy atom. The molecule has 1 rings (SSSR count). The van der Waals surface area contributed by atoms with Gasteiger partial charge in [-0.15, -0.1) is 0 Å². The molecule has 0 heterocycles. The fraction of sp³-hybridized carbons (Fsp3) is 0.273. The van der Waals surface area contributed by atoms with Gasteiger partial charge in [-0.1, -0.05) is 0 Å². The van der Waals surface area contributed by atoms with Crippen LogP contribution >= 0.6 is 0 Å². The average Bonchev–Trinajstić information content (AvgIpc) is 2.16. The first-order valence-corrected chi connectivity index (χ1v) is 4.88. The highest BCUT2D eigenvalue weighted by atomic mass is 16.2. The number of carbonyl (C=O) groups is 2. The molecule has 5 heteroatoms. The highest BCUT2D eigenvalue weighted by Gasteiger charge is 2.15. The molecule has 2 amide bonds. The Morgan fingerprint density at radius 1 is 1.38 bits per heavy atom. The highest BCUT2D eigenvalue weighted by molar-refractivity contribution is 5.98. The fourth-order valence-corrected chi connectivity index (χ4v) is 1.29. The molecule has 0 bridgehead atoms. The molecule has 1 atom stereocenters. The van der Waals surface area contributed by atoms with Crippen LogP contribution in [-0.4, -0.2) is 17.9 Å². The van der Waals surface area contributed by atoms with E-state index in [-0.39, 0.29) is 5.91 Å². The minimum Gasteiger partial charge on any atom is -0.399 e. The van der Waals surface area contributed by atoms with E-state index in [2.05, 4.69) is 5.32 Å². The Morgan fingerprint density at radius 2 is 2.00 bits per heavy atom. The van der Waals surface area contributed by atoms with Gasteiger partial charge in [-0.05, 0) is 37.6 Å². The maximum Gasteiger partial charge on any atom is 0.252 e. The molecule has 0 aliphatic rings. The third-order valence-corrected chi connectivity index (χ3v) is 2.27. The Labute approximate surface area is 93.8 Å². The van der Waals surface area contributed by atoms with Crippen molar-refractivity contribution < 1.29 is 9.59 Å². The summed E-state index contributed by atoms with van der Waals surface area (Å²) in [5.41, 5.74) is 12.5. The van der Waals surface area contributed by atoms with Gasteiger partial charge < -0.3 is 16.8 Å². The Bertz CT molecular complexity index is 429. The molecule has 0 radical (unpaired) electrons. The fourth-order valence-electron chi connectivity index (χ4n) is 1.29. The van der Waals surface area contributed by atoms with E-state index < -0.39 is 11.9 Å². The Hall–Kier alpha value is -2.04. The van der Waals surface area contributed by atoms with E-state index in [1.807, 2.05) is 0 Å². The van der Waals surface area contributed by atoms with E-state index >= 15 is 0 Å². The third kappa shape index (κ3) is 2.73. The van der Waals surface area contributed by atoms with Crippen LogP contribution in [-0.2, 0) is 4.79 Å². The van der Waals surface area contributed by atoms with Gasteiger partial charge in [0.2, 0.25) is 5.91 Å². The molecular formula is C11H15N3O2. The first-order valence-electron chi connectivity index (χ1n) is 4.88. The lowest BCUT2D eigenvalue weighted by molar-refractivity contribution is -0.119. The monoisotopic (exact) mass is 221 g/mol. The van der Waals surface area contributed by atoms with Crippen LogP contribution in [0.25, 0.3) is 0 Å². The maximum absolute atomic E-state index is 11.7. The normalized spacial score (nSPS) is 11.9. The number of primary amides is 1. The average molecular weight is 221 g/mol. The lowest BCUT2D eigenvalue weighted by Crippen LogP contribution is -2.42. The summed E-state index contributed by atoms with van der Waals surface area (Å²) in [6.45, 7) is 3.31. The topological polar surface area (TPSA) is 98.2 Å². The van der Waals surface area contributed by atoms with Crippen LogP contribution in [0.3, 0.4) is 0 Å². The number of anilines is 1. The van der Waals surface area contributed by atoms with Crippen molar-refractivity contribution in [2.24, 2.45) is 5.73 Å². The van der Waals surface area contributed by atoms with E-state index in [1.165, 1.54) is 6.92 Å². The zero-order chi connectivity index (χ0) is 12.3. The first kappa shape index (κ1) is 12.0. The maximum atomic E-state index is 11.7. The number of amides is 2. The van der Waals surface area contributed by atoms with Crippen molar-refractivity contribution in [3.63, 3.8) is 0 Å². The van der Waals surface area contributed by atoms with Crippen molar-refractivity contribution in [3.05, 3.63) is 29.3 Å². The summed E-state index contributed by atoms with van der Waals surface area (Å²) in [5, 5.41) is 2.50. The van der Waals surface area contributed by atoms with Gasteiger partial charge in [0.05, 0.1) is 0 Å². The number of hydrogen-bond donors (Lipinski definition) is 3. The van der Waals surface area contributed by atoms with Crippen LogP contribution in [0.2, 0.25) is 0 Å².